The number of nitrogens with zero attached hydrogens (tertiary/aromatic N) is 1. The van der Waals surface area contributed by atoms with Crippen molar-refractivity contribution in [3.05, 3.63) is 35.4 Å². The van der Waals surface area contributed by atoms with Gasteiger partial charge in [0.15, 0.2) is 0 Å². The van der Waals surface area contributed by atoms with Crippen LogP contribution in [0.1, 0.15) is 24.4 Å². The van der Waals surface area contributed by atoms with Gasteiger partial charge in [-0.3, -0.25) is 9.79 Å². The van der Waals surface area contributed by atoms with Crippen LogP contribution in [0, 0.1) is 17.6 Å². The van der Waals surface area contributed by atoms with Crippen LogP contribution in [-0.2, 0) is 4.79 Å². The monoisotopic (exact) mass is 250 g/mol. The number of benzene rings is 1. The fourth-order valence-corrected chi connectivity index (χ4v) is 2.60. The summed E-state index contributed by atoms with van der Waals surface area (Å²) in [4.78, 5) is 16.1. The maximum atomic E-state index is 13.7. The van der Waals surface area contributed by atoms with E-state index < -0.39 is 11.6 Å². The lowest BCUT2D eigenvalue weighted by Crippen LogP contribution is -2.40. The van der Waals surface area contributed by atoms with Crippen molar-refractivity contribution in [2.45, 2.75) is 18.9 Å². The number of piperidine rings is 1. The van der Waals surface area contributed by atoms with Gasteiger partial charge in [-0.1, -0.05) is 6.07 Å². The van der Waals surface area contributed by atoms with Crippen LogP contribution in [-0.4, -0.2) is 18.2 Å². The molecule has 2 aliphatic heterocycles. The van der Waals surface area contributed by atoms with Crippen LogP contribution in [0.15, 0.2) is 23.2 Å². The minimum Gasteiger partial charge on any atom is -0.355 e. The lowest BCUT2D eigenvalue weighted by molar-refractivity contribution is -0.123. The van der Waals surface area contributed by atoms with Crippen LogP contribution >= 0.6 is 0 Å². The fourth-order valence-electron chi connectivity index (χ4n) is 2.60. The van der Waals surface area contributed by atoms with Crippen LogP contribution in [0.5, 0.6) is 0 Å². The molecule has 5 heteroatoms. The summed E-state index contributed by atoms with van der Waals surface area (Å²) in [7, 11) is 0. The van der Waals surface area contributed by atoms with E-state index >= 15 is 0 Å². The smallest absolute Gasteiger partial charge is 0.228 e. The molecule has 0 saturated carbocycles. The molecular weight excluding hydrogens is 238 g/mol. The van der Waals surface area contributed by atoms with Crippen LogP contribution in [0.2, 0.25) is 0 Å². The van der Waals surface area contributed by atoms with Gasteiger partial charge in [0.2, 0.25) is 5.91 Å². The van der Waals surface area contributed by atoms with Crippen LogP contribution < -0.4 is 5.32 Å². The number of hydrogen-bond donors (Lipinski definition) is 1. The number of halogens is 2. The van der Waals surface area contributed by atoms with Crippen molar-refractivity contribution in [2.75, 3.05) is 6.54 Å². The number of hydrogen-bond acceptors (Lipinski definition) is 2. The highest BCUT2D eigenvalue weighted by Gasteiger charge is 2.37. The molecule has 1 saturated heterocycles. The summed E-state index contributed by atoms with van der Waals surface area (Å²) < 4.78 is 26.5. The quantitative estimate of drug-likeness (QED) is 0.813. The summed E-state index contributed by atoms with van der Waals surface area (Å²) in [5, 5.41) is 2.78. The highest BCUT2D eigenvalue weighted by atomic mass is 19.1. The molecule has 0 spiro atoms. The van der Waals surface area contributed by atoms with Crippen LogP contribution in [0.4, 0.5) is 8.78 Å². The number of carbonyl (C=O) groups is 1. The second-order valence-corrected chi connectivity index (χ2v) is 4.63. The summed E-state index contributed by atoms with van der Waals surface area (Å²) in [6.07, 6.45) is 1.19. The fraction of sp³-hybridized carbons (Fsp3) is 0.385. The minimum absolute atomic E-state index is 0.0370. The Bertz CT molecular complexity index is 542. The maximum Gasteiger partial charge on any atom is 0.228 e. The van der Waals surface area contributed by atoms with Crippen LogP contribution in [0.3, 0.4) is 0 Å². The largest absolute Gasteiger partial charge is 0.355 e. The molecule has 0 radical (unpaired) electrons. The number of carbonyl (C=O) groups excluding carboxylic acids is 1. The second-order valence-electron chi connectivity index (χ2n) is 4.63. The minimum atomic E-state index is -0.600. The predicted molar refractivity (Wildman–Crippen MR) is 62.3 cm³/mol. The Morgan fingerprint density at radius 3 is 2.89 bits per heavy atom. The standard InChI is InChI=1S/C13H12F2N2O/c14-7-1-2-8(10(15)5-7)12-6-9-11(17-12)3-4-16-13(9)18/h1-2,5,9,12H,3-4,6H2,(H,16,18). The first-order chi connectivity index (χ1) is 8.65. The third kappa shape index (κ3) is 1.79. The van der Waals surface area contributed by atoms with Crippen molar-refractivity contribution in [3.8, 4) is 0 Å². The SMILES string of the molecule is O=C1NCCC2=NC(c3ccc(F)cc3F)CC12. The Hall–Kier alpha value is -1.78. The molecule has 18 heavy (non-hydrogen) atoms. The van der Waals surface area contributed by atoms with Gasteiger partial charge >= 0.3 is 0 Å². The molecule has 2 unspecified atom stereocenters. The average Bonchev–Trinajstić information content (AvgIpc) is 2.74. The molecule has 2 atom stereocenters. The number of rotatable bonds is 1. The summed E-state index contributed by atoms with van der Waals surface area (Å²) >= 11 is 0. The van der Waals surface area contributed by atoms with E-state index in [1.54, 1.807) is 0 Å². The molecule has 0 bridgehead atoms. The molecule has 0 aromatic heterocycles. The molecule has 1 amide bonds. The number of fused-ring (bicyclic) bond motifs is 1. The number of aliphatic imine (C=N–C) groups is 1. The predicted octanol–water partition coefficient (Wildman–Crippen LogP) is 1.99. The summed E-state index contributed by atoms with van der Waals surface area (Å²) in [6, 6.07) is 3.13. The summed E-state index contributed by atoms with van der Waals surface area (Å²) in [6.45, 7) is 0.590. The summed E-state index contributed by atoms with van der Waals surface area (Å²) in [5.74, 6) is -1.47. The third-order valence-electron chi connectivity index (χ3n) is 3.50. The Morgan fingerprint density at radius 2 is 2.17 bits per heavy atom. The van der Waals surface area contributed by atoms with E-state index in [4.69, 9.17) is 0 Å². The molecule has 0 aliphatic carbocycles. The zero-order valence-corrected chi connectivity index (χ0v) is 9.62. The Labute approximate surface area is 103 Å². The van der Waals surface area contributed by atoms with E-state index in [0.717, 1.165) is 18.2 Å². The van der Waals surface area contributed by atoms with Crippen molar-refractivity contribution in [2.24, 2.45) is 10.9 Å². The van der Waals surface area contributed by atoms with Gasteiger partial charge in [-0.15, -0.1) is 0 Å². The molecule has 3 nitrogen and oxygen atoms in total. The van der Waals surface area contributed by atoms with Gasteiger partial charge in [0, 0.05) is 30.3 Å². The van der Waals surface area contributed by atoms with Crippen molar-refractivity contribution < 1.29 is 13.6 Å². The van der Waals surface area contributed by atoms with E-state index in [9.17, 15) is 13.6 Å². The third-order valence-corrected chi connectivity index (χ3v) is 3.50. The van der Waals surface area contributed by atoms with Gasteiger partial charge in [-0.2, -0.15) is 0 Å². The van der Waals surface area contributed by atoms with Crippen molar-refractivity contribution in [1.82, 2.24) is 5.32 Å². The first-order valence-corrected chi connectivity index (χ1v) is 5.94. The highest BCUT2D eigenvalue weighted by Crippen LogP contribution is 2.36. The molecule has 2 heterocycles. The molecule has 1 aromatic carbocycles. The van der Waals surface area contributed by atoms with Gasteiger partial charge in [-0.25, -0.2) is 8.78 Å². The molecule has 94 valence electrons. The van der Waals surface area contributed by atoms with Crippen molar-refractivity contribution in [3.63, 3.8) is 0 Å². The Morgan fingerprint density at radius 1 is 1.33 bits per heavy atom. The van der Waals surface area contributed by atoms with Gasteiger partial charge in [0.25, 0.3) is 0 Å². The maximum absolute atomic E-state index is 13.7. The second kappa shape index (κ2) is 4.15. The van der Waals surface area contributed by atoms with Gasteiger partial charge in [-0.05, 0) is 12.5 Å². The molecule has 1 N–H and O–H groups in total. The van der Waals surface area contributed by atoms with Gasteiger partial charge in [0.05, 0.1) is 12.0 Å². The van der Waals surface area contributed by atoms with Crippen molar-refractivity contribution in [1.29, 1.82) is 0 Å². The zero-order valence-electron chi connectivity index (χ0n) is 9.62. The van der Waals surface area contributed by atoms with Gasteiger partial charge < -0.3 is 5.32 Å². The first-order valence-electron chi connectivity index (χ1n) is 5.94. The average molecular weight is 250 g/mol. The molecule has 1 fully saturated rings. The molecule has 2 aliphatic rings. The molecule has 3 rings (SSSR count). The van der Waals surface area contributed by atoms with E-state index in [1.807, 2.05) is 0 Å². The lowest BCUT2D eigenvalue weighted by Gasteiger charge is -2.18. The molecule has 1 aromatic rings. The lowest BCUT2D eigenvalue weighted by atomic mass is 9.92. The normalized spacial score (nSPS) is 26.6. The highest BCUT2D eigenvalue weighted by molar-refractivity contribution is 6.07. The van der Waals surface area contributed by atoms with E-state index in [2.05, 4.69) is 10.3 Å². The van der Waals surface area contributed by atoms with Crippen LogP contribution in [0.25, 0.3) is 0 Å². The van der Waals surface area contributed by atoms with E-state index in [1.165, 1.54) is 12.1 Å². The topological polar surface area (TPSA) is 41.5 Å². The first kappa shape index (κ1) is 11.3. The summed E-state index contributed by atoms with van der Waals surface area (Å²) in [5.41, 5.74) is 1.21. The molecular formula is C13H12F2N2O. The number of amides is 1. The number of nitrogens with one attached hydrogen (secondary N) is 1. The van der Waals surface area contributed by atoms with Gasteiger partial charge in [0.1, 0.15) is 11.6 Å². The van der Waals surface area contributed by atoms with E-state index in [-0.39, 0.29) is 17.9 Å². The zero-order chi connectivity index (χ0) is 12.7. The van der Waals surface area contributed by atoms with E-state index in [0.29, 0.717) is 18.5 Å². The van der Waals surface area contributed by atoms with Crippen molar-refractivity contribution >= 4 is 11.6 Å². The Balaban J connectivity index is 1.91. The Kier molecular flexibility index (Phi) is 2.61.